The first-order chi connectivity index (χ1) is 15.1. The molecular weight excluding hydrogens is 408 g/mol. The monoisotopic (exact) mass is 429 g/mol. The van der Waals surface area contributed by atoms with Gasteiger partial charge in [-0.05, 0) is 31.4 Å². The minimum absolute atomic E-state index is 0.205. The quantitative estimate of drug-likeness (QED) is 0.402. The number of nitrogens with one attached hydrogen (secondary N) is 1. The van der Waals surface area contributed by atoms with Crippen LogP contribution in [0.1, 0.15) is 6.42 Å². The lowest BCUT2D eigenvalue weighted by atomic mass is 10.1. The summed E-state index contributed by atoms with van der Waals surface area (Å²) in [4.78, 5) is 4.47. The van der Waals surface area contributed by atoms with E-state index in [1.54, 1.807) is 22.0 Å². The van der Waals surface area contributed by atoms with Gasteiger partial charge < -0.3 is 15.5 Å². The number of rotatable bonds is 3. The third-order valence-electron chi connectivity index (χ3n) is 6.17. The number of aliphatic hydroxyl groups is 2. The lowest BCUT2D eigenvalue weighted by molar-refractivity contribution is 0.0256. The fourth-order valence-electron chi connectivity index (χ4n) is 4.54. The van der Waals surface area contributed by atoms with Gasteiger partial charge in [0.05, 0.1) is 17.8 Å². The molecule has 31 heavy (non-hydrogen) atoms. The molecule has 1 fully saturated rings. The van der Waals surface area contributed by atoms with Crippen molar-refractivity contribution < 1.29 is 10.2 Å². The first-order valence-corrected chi connectivity index (χ1v) is 11.1. The van der Waals surface area contributed by atoms with Gasteiger partial charge in [-0.3, -0.25) is 0 Å². The van der Waals surface area contributed by atoms with Gasteiger partial charge in [-0.2, -0.15) is 9.61 Å². The Bertz CT molecular complexity index is 1430. The summed E-state index contributed by atoms with van der Waals surface area (Å²) in [6, 6.07) is 18.3. The van der Waals surface area contributed by atoms with Crippen LogP contribution in [-0.4, -0.2) is 43.1 Å². The van der Waals surface area contributed by atoms with Crippen molar-refractivity contribution in [3.63, 3.8) is 0 Å². The van der Waals surface area contributed by atoms with E-state index in [9.17, 15) is 10.2 Å². The average Bonchev–Trinajstić information content (AvgIpc) is 3.45. The molecule has 4 atom stereocenters. The highest BCUT2D eigenvalue weighted by Gasteiger charge is 2.39. The summed E-state index contributed by atoms with van der Waals surface area (Å²) in [5.74, 6) is 0.522. The predicted molar refractivity (Wildman–Crippen MR) is 124 cm³/mol. The highest BCUT2D eigenvalue weighted by Crippen LogP contribution is 2.39. The molecule has 3 aromatic heterocycles. The zero-order chi connectivity index (χ0) is 21.1. The minimum Gasteiger partial charge on any atom is -0.390 e. The summed E-state index contributed by atoms with van der Waals surface area (Å²) in [6.45, 7) is 3.93. The number of hydrogen-bond acceptors (Lipinski definition) is 6. The first-order valence-electron chi connectivity index (χ1n) is 10.3. The number of nitrogens with zero attached hydrogens (tertiary/aromatic N) is 3. The van der Waals surface area contributed by atoms with Crippen LogP contribution in [0.3, 0.4) is 0 Å². The van der Waals surface area contributed by atoms with Crippen LogP contribution in [0.2, 0.25) is 0 Å². The highest BCUT2D eigenvalue weighted by molar-refractivity contribution is 7.26. The molecule has 3 heterocycles. The molecule has 0 spiro atoms. The summed E-state index contributed by atoms with van der Waals surface area (Å²) in [6.07, 6.45) is 0.617. The van der Waals surface area contributed by atoms with Gasteiger partial charge in [0.2, 0.25) is 0 Å². The summed E-state index contributed by atoms with van der Waals surface area (Å²) >= 11 is 1.77. The molecule has 6 rings (SSSR count). The van der Waals surface area contributed by atoms with Crippen LogP contribution in [-0.2, 0) is 0 Å². The topological polar surface area (TPSA) is 82.7 Å². The summed E-state index contributed by atoms with van der Waals surface area (Å²) in [7, 11) is 0. The molecule has 1 saturated carbocycles. The van der Waals surface area contributed by atoms with Gasteiger partial charge in [0, 0.05) is 38.0 Å². The second kappa shape index (κ2) is 7.02. The Hall–Kier alpha value is -3.00. The van der Waals surface area contributed by atoms with Crippen molar-refractivity contribution in [1.29, 1.82) is 0 Å². The van der Waals surface area contributed by atoms with E-state index < -0.39 is 12.2 Å². The molecule has 1 aliphatic carbocycles. The molecule has 5 aromatic rings. The third-order valence-corrected chi connectivity index (χ3v) is 7.39. The van der Waals surface area contributed by atoms with Crippen LogP contribution in [0.25, 0.3) is 37.1 Å². The molecule has 0 unspecified atom stereocenters. The van der Waals surface area contributed by atoms with Crippen LogP contribution in [0, 0.1) is 12.8 Å². The van der Waals surface area contributed by atoms with Crippen molar-refractivity contribution in [3.05, 3.63) is 67.7 Å². The van der Waals surface area contributed by atoms with Crippen molar-refractivity contribution in [2.24, 2.45) is 5.92 Å². The van der Waals surface area contributed by atoms with E-state index in [1.807, 2.05) is 12.1 Å². The molecular formula is C24H21N4O2S. The van der Waals surface area contributed by atoms with Crippen molar-refractivity contribution >= 4 is 43.0 Å². The maximum atomic E-state index is 10.3. The van der Waals surface area contributed by atoms with Crippen LogP contribution in [0.5, 0.6) is 0 Å². The second-order valence-electron chi connectivity index (χ2n) is 8.14. The molecule has 6 nitrogen and oxygen atoms in total. The molecule has 2 aromatic carbocycles. The lowest BCUT2D eigenvalue weighted by Gasteiger charge is -2.19. The Morgan fingerprint density at radius 1 is 1.03 bits per heavy atom. The van der Waals surface area contributed by atoms with Crippen LogP contribution >= 0.6 is 11.3 Å². The number of aromatic nitrogens is 3. The molecule has 0 aliphatic heterocycles. The van der Waals surface area contributed by atoms with E-state index in [1.165, 1.54) is 20.2 Å². The number of anilines is 1. The molecule has 1 aliphatic rings. The van der Waals surface area contributed by atoms with Gasteiger partial charge in [-0.1, -0.05) is 36.4 Å². The van der Waals surface area contributed by atoms with Gasteiger partial charge in [0.1, 0.15) is 11.9 Å². The van der Waals surface area contributed by atoms with Gasteiger partial charge in [0.15, 0.2) is 5.65 Å². The van der Waals surface area contributed by atoms with Gasteiger partial charge in [-0.25, -0.2) is 4.98 Å². The van der Waals surface area contributed by atoms with E-state index in [2.05, 4.69) is 59.7 Å². The van der Waals surface area contributed by atoms with Crippen LogP contribution < -0.4 is 5.32 Å². The van der Waals surface area contributed by atoms with Crippen molar-refractivity contribution in [2.45, 2.75) is 24.7 Å². The average molecular weight is 430 g/mol. The predicted octanol–water partition coefficient (Wildman–Crippen LogP) is 4.12. The number of hydrogen-bond donors (Lipinski definition) is 3. The summed E-state index contributed by atoms with van der Waals surface area (Å²) in [5.41, 5.74) is 2.64. The van der Waals surface area contributed by atoms with E-state index >= 15 is 0 Å². The maximum absolute atomic E-state index is 10.3. The minimum atomic E-state index is -0.868. The van der Waals surface area contributed by atoms with Gasteiger partial charge in [-0.15, -0.1) is 11.3 Å². The SMILES string of the molecule is [CH2][C@@H]1C[C@@H](Nc2ccnc3cc(-c4cccc5c4sc4ccccc45)nn23)[C@H](O)[C@@H]1O. The fourth-order valence-corrected chi connectivity index (χ4v) is 5.77. The molecule has 3 N–H and O–H groups in total. The van der Waals surface area contributed by atoms with E-state index in [4.69, 9.17) is 5.10 Å². The first kappa shape index (κ1) is 18.7. The van der Waals surface area contributed by atoms with E-state index in [0.29, 0.717) is 6.42 Å². The number of fused-ring (bicyclic) bond motifs is 4. The lowest BCUT2D eigenvalue weighted by Crippen LogP contribution is -2.35. The van der Waals surface area contributed by atoms with Crippen molar-refractivity contribution in [3.8, 4) is 11.3 Å². The number of thiophene rings is 1. The molecule has 0 saturated heterocycles. The standard InChI is InChI=1S/C24H21N4O2S/c1-13-11-18(23(30)22(13)29)26-20-9-10-25-21-12-17(27-28(20)21)16-7-4-6-15-14-5-2-3-8-19(14)31-24(15)16/h2-10,12-13,18,22-23,26,29-30H,1,11H2/t13-,18-,22-,23+/m1/s1. The zero-order valence-electron chi connectivity index (χ0n) is 16.6. The maximum Gasteiger partial charge on any atom is 0.157 e. The van der Waals surface area contributed by atoms with Crippen molar-refractivity contribution in [2.75, 3.05) is 5.32 Å². The second-order valence-corrected chi connectivity index (χ2v) is 9.19. The Kier molecular flexibility index (Phi) is 4.24. The van der Waals surface area contributed by atoms with Crippen LogP contribution in [0.15, 0.2) is 60.8 Å². The smallest absolute Gasteiger partial charge is 0.157 e. The largest absolute Gasteiger partial charge is 0.390 e. The fraction of sp³-hybridized carbons (Fsp3) is 0.208. The Morgan fingerprint density at radius 2 is 1.87 bits per heavy atom. The summed E-state index contributed by atoms with van der Waals surface area (Å²) in [5, 5.41) is 31.1. The van der Waals surface area contributed by atoms with Gasteiger partial charge in [0.25, 0.3) is 0 Å². The van der Waals surface area contributed by atoms with Crippen LogP contribution in [0.4, 0.5) is 5.82 Å². The molecule has 7 heteroatoms. The van der Waals surface area contributed by atoms with E-state index in [0.717, 1.165) is 22.7 Å². The Labute approximate surface area is 182 Å². The Morgan fingerprint density at radius 3 is 2.71 bits per heavy atom. The zero-order valence-corrected chi connectivity index (χ0v) is 17.5. The Balaban J connectivity index is 1.45. The normalized spacial score (nSPS) is 23.8. The van der Waals surface area contributed by atoms with Gasteiger partial charge >= 0.3 is 0 Å². The number of aliphatic hydroxyl groups excluding tert-OH is 2. The molecule has 155 valence electrons. The summed E-state index contributed by atoms with van der Waals surface area (Å²) < 4.78 is 4.22. The van der Waals surface area contributed by atoms with Crippen molar-refractivity contribution in [1.82, 2.24) is 14.6 Å². The third kappa shape index (κ3) is 2.92. The molecule has 0 bridgehead atoms. The highest BCUT2D eigenvalue weighted by atomic mass is 32.1. The molecule has 1 radical (unpaired) electrons. The number of benzene rings is 2. The molecule has 0 amide bonds. The van der Waals surface area contributed by atoms with E-state index in [-0.39, 0.29) is 12.0 Å².